The molecule has 116 valence electrons. The van der Waals surface area contributed by atoms with Gasteiger partial charge in [0.2, 0.25) is 0 Å². The zero-order valence-electron chi connectivity index (χ0n) is 11.4. The standard InChI is InChI=1S/C15H17ClFIO3/c16-12-3-1-9(5-13(12)17)14-4-2-10(6-19-14)15-20-7-11(18)8-21-15/h1,3,5,10-11,14-15H,2,4,6-8H2. The summed E-state index contributed by atoms with van der Waals surface area (Å²) in [5, 5.41) is 0.143. The van der Waals surface area contributed by atoms with Gasteiger partial charge in [-0.15, -0.1) is 0 Å². The molecule has 21 heavy (non-hydrogen) atoms. The van der Waals surface area contributed by atoms with Crippen molar-refractivity contribution in [3.8, 4) is 0 Å². The number of rotatable bonds is 2. The van der Waals surface area contributed by atoms with Crippen molar-refractivity contribution in [3.63, 3.8) is 0 Å². The molecule has 0 saturated carbocycles. The minimum Gasteiger partial charge on any atom is -0.373 e. The smallest absolute Gasteiger partial charge is 0.162 e. The highest BCUT2D eigenvalue weighted by molar-refractivity contribution is 14.1. The first-order valence-electron chi connectivity index (χ1n) is 7.07. The predicted molar refractivity (Wildman–Crippen MR) is 86.3 cm³/mol. The van der Waals surface area contributed by atoms with E-state index in [1.54, 1.807) is 6.07 Å². The van der Waals surface area contributed by atoms with Crippen molar-refractivity contribution in [3.05, 3.63) is 34.6 Å². The first kappa shape index (κ1) is 15.9. The molecular formula is C15H17ClFIO3. The molecule has 2 heterocycles. The van der Waals surface area contributed by atoms with Crippen LogP contribution in [-0.2, 0) is 14.2 Å². The number of halogens is 3. The Bertz CT molecular complexity index is 486. The quantitative estimate of drug-likeness (QED) is 0.526. The predicted octanol–water partition coefficient (Wildman–Crippen LogP) is 4.12. The number of hydrogen-bond donors (Lipinski definition) is 0. The van der Waals surface area contributed by atoms with Crippen molar-refractivity contribution >= 4 is 34.2 Å². The van der Waals surface area contributed by atoms with Gasteiger partial charge in [-0.25, -0.2) is 4.39 Å². The van der Waals surface area contributed by atoms with Crippen LogP contribution in [0, 0.1) is 11.7 Å². The first-order valence-corrected chi connectivity index (χ1v) is 8.69. The zero-order valence-corrected chi connectivity index (χ0v) is 14.3. The third-order valence-corrected chi connectivity index (χ3v) is 4.92. The summed E-state index contributed by atoms with van der Waals surface area (Å²) in [5.74, 6) is -0.144. The molecular weight excluding hydrogens is 410 g/mol. The fourth-order valence-corrected chi connectivity index (χ4v) is 3.26. The van der Waals surface area contributed by atoms with Gasteiger partial charge in [-0.3, -0.25) is 0 Å². The van der Waals surface area contributed by atoms with E-state index in [0.29, 0.717) is 10.5 Å². The third-order valence-electron chi connectivity index (χ3n) is 3.89. The Morgan fingerprint density at radius 2 is 1.86 bits per heavy atom. The van der Waals surface area contributed by atoms with E-state index in [1.807, 2.05) is 6.07 Å². The SMILES string of the molecule is Fc1cc(C2CCC(C3OCC(I)CO3)CO2)ccc1Cl. The largest absolute Gasteiger partial charge is 0.373 e. The third kappa shape index (κ3) is 3.88. The summed E-state index contributed by atoms with van der Waals surface area (Å²) in [4.78, 5) is 0. The van der Waals surface area contributed by atoms with Crippen LogP contribution in [0.1, 0.15) is 24.5 Å². The molecule has 0 aliphatic carbocycles. The fourth-order valence-electron chi connectivity index (χ4n) is 2.73. The second kappa shape index (κ2) is 7.08. The molecule has 0 N–H and O–H groups in total. The van der Waals surface area contributed by atoms with Gasteiger partial charge >= 0.3 is 0 Å². The van der Waals surface area contributed by atoms with Crippen LogP contribution >= 0.6 is 34.2 Å². The Labute approximate surface area is 142 Å². The summed E-state index contributed by atoms with van der Waals surface area (Å²) in [7, 11) is 0. The summed E-state index contributed by atoms with van der Waals surface area (Å²) in [6.45, 7) is 2.03. The number of ether oxygens (including phenoxy) is 3. The average Bonchev–Trinajstić information content (AvgIpc) is 2.51. The molecule has 0 aromatic heterocycles. The second-order valence-electron chi connectivity index (χ2n) is 5.47. The van der Waals surface area contributed by atoms with Gasteiger partial charge in [-0.05, 0) is 30.5 Å². The molecule has 2 atom stereocenters. The Hall–Kier alpha value is 0.0500. The van der Waals surface area contributed by atoms with E-state index >= 15 is 0 Å². The van der Waals surface area contributed by atoms with Gasteiger partial charge in [0.05, 0.1) is 34.9 Å². The number of hydrogen-bond acceptors (Lipinski definition) is 3. The molecule has 2 aliphatic heterocycles. The molecule has 2 unspecified atom stereocenters. The van der Waals surface area contributed by atoms with E-state index in [4.69, 9.17) is 25.8 Å². The number of alkyl halides is 1. The van der Waals surface area contributed by atoms with Gasteiger partial charge in [0.15, 0.2) is 6.29 Å². The topological polar surface area (TPSA) is 27.7 Å². The minimum atomic E-state index is -0.396. The van der Waals surface area contributed by atoms with Crippen LogP contribution in [0.15, 0.2) is 18.2 Å². The highest BCUT2D eigenvalue weighted by Crippen LogP contribution is 2.34. The molecule has 6 heteroatoms. The Morgan fingerprint density at radius 1 is 1.10 bits per heavy atom. The van der Waals surface area contributed by atoms with Crippen molar-refractivity contribution in [2.75, 3.05) is 19.8 Å². The first-order chi connectivity index (χ1) is 10.1. The van der Waals surface area contributed by atoms with Crippen LogP contribution in [0.2, 0.25) is 5.02 Å². The maximum atomic E-state index is 13.5. The van der Waals surface area contributed by atoms with Crippen LogP contribution < -0.4 is 0 Å². The Balaban J connectivity index is 1.56. The maximum absolute atomic E-state index is 13.5. The molecule has 1 aromatic carbocycles. The Kier molecular flexibility index (Phi) is 5.37. The van der Waals surface area contributed by atoms with Crippen LogP contribution in [0.4, 0.5) is 4.39 Å². The van der Waals surface area contributed by atoms with Crippen molar-refractivity contribution in [1.29, 1.82) is 0 Å². The highest BCUT2D eigenvalue weighted by atomic mass is 127. The van der Waals surface area contributed by atoms with Crippen molar-refractivity contribution in [1.82, 2.24) is 0 Å². The molecule has 3 rings (SSSR count). The summed E-state index contributed by atoms with van der Waals surface area (Å²) in [5.41, 5.74) is 0.841. The summed E-state index contributed by atoms with van der Waals surface area (Å²) in [6, 6.07) is 4.86. The van der Waals surface area contributed by atoms with Crippen molar-refractivity contribution in [2.24, 2.45) is 5.92 Å². The van der Waals surface area contributed by atoms with Crippen LogP contribution in [0.5, 0.6) is 0 Å². The van der Waals surface area contributed by atoms with Crippen LogP contribution in [-0.4, -0.2) is 30.0 Å². The van der Waals surface area contributed by atoms with Gasteiger partial charge < -0.3 is 14.2 Å². The number of benzene rings is 1. The molecule has 1 aromatic rings. The molecule has 2 aliphatic rings. The van der Waals surface area contributed by atoms with Gasteiger partial charge in [0, 0.05) is 5.92 Å². The summed E-state index contributed by atoms with van der Waals surface area (Å²) >= 11 is 8.03. The molecule has 0 bridgehead atoms. The minimum absolute atomic E-state index is 0.0751. The molecule has 2 saturated heterocycles. The molecule has 3 nitrogen and oxygen atoms in total. The van der Waals surface area contributed by atoms with Gasteiger partial charge in [0.1, 0.15) is 5.82 Å². The second-order valence-corrected chi connectivity index (χ2v) is 7.63. The van der Waals surface area contributed by atoms with E-state index < -0.39 is 5.82 Å². The average molecular weight is 427 g/mol. The summed E-state index contributed by atoms with van der Waals surface area (Å²) in [6.07, 6.45) is 1.54. The van der Waals surface area contributed by atoms with E-state index in [2.05, 4.69) is 22.6 Å². The van der Waals surface area contributed by atoms with E-state index in [-0.39, 0.29) is 23.3 Å². The monoisotopic (exact) mass is 426 g/mol. The lowest BCUT2D eigenvalue weighted by atomic mass is 9.94. The van der Waals surface area contributed by atoms with Crippen molar-refractivity contribution < 1.29 is 18.6 Å². The van der Waals surface area contributed by atoms with Crippen LogP contribution in [0.25, 0.3) is 0 Å². The van der Waals surface area contributed by atoms with E-state index in [9.17, 15) is 4.39 Å². The molecule has 0 amide bonds. The maximum Gasteiger partial charge on any atom is 0.162 e. The fraction of sp³-hybridized carbons (Fsp3) is 0.600. The Morgan fingerprint density at radius 3 is 2.48 bits per heavy atom. The van der Waals surface area contributed by atoms with Gasteiger partial charge in [-0.2, -0.15) is 0 Å². The molecule has 2 fully saturated rings. The zero-order chi connectivity index (χ0) is 14.8. The lowest BCUT2D eigenvalue weighted by Gasteiger charge is -2.36. The molecule has 0 radical (unpaired) electrons. The normalized spacial score (nSPS) is 33.9. The van der Waals surface area contributed by atoms with Crippen LogP contribution in [0.3, 0.4) is 0 Å². The van der Waals surface area contributed by atoms with Gasteiger partial charge in [0.25, 0.3) is 0 Å². The van der Waals surface area contributed by atoms with E-state index in [1.165, 1.54) is 6.07 Å². The van der Waals surface area contributed by atoms with Crippen molar-refractivity contribution in [2.45, 2.75) is 29.2 Å². The lowest BCUT2D eigenvalue weighted by molar-refractivity contribution is -0.221. The highest BCUT2D eigenvalue weighted by Gasteiger charge is 2.33. The summed E-state index contributed by atoms with van der Waals surface area (Å²) < 4.78 is 31.3. The lowest BCUT2D eigenvalue weighted by Crippen LogP contribution is -2.40. The van der Waals surface area contributed by atoms with Gasteiger partial charge in [-0.1, -0.05) is 40.3 Å². The van der Waals surface area contributed by atoms with E-state index in [0.717, 1.165) is 31.6 Å². The molecule has 0 spiro atoms.